The van der Waals surface area contributed by atoms with Crippen LogP contribution >= 0.6 is 0 Å². The van der Waals surface area contributed by atoms with Gasteiger partial charge in [-0.25, -0.2) is 4.79 Å². The fraction of sp³-hybridized carbons (Fsp3) is 0.615. The van der Waals surface area contributed by atoms with Crippen molar-refractivity contribution in [1.29, 1.82) is 0 Å². The van der Waals surface area contributed by atoms with E-state index in [4.69, 9.17) is 9.15 Å². The summed E-state index contributed by atoms with van der Waals surface area (Å²) in [6.45, 7) is 5.22. The number of hydrogen-bond acceptors (Lipinski definition) is 4. The number of likely N-dealkylation sites (tertiary alicyclic amines) is 1. The molecule has 2 heterocycles. The number of carbonyl (C=O) groups excluding carboxylic acids is 1. The van der Waals surface area contributed by atoms with Gasteiger partial charge in [0, 0.05) is 18.5 Å². The summed E-state index contributed by atoms with van der Waals surface area (Å²) in [6, 6.07) is 3.77. The Labute approximate surface area is 102 Å². The van der Waals surface area contributed by atoms with Gasteiger partial charge in [0.1, 0.15) is 6.10 Å². The minimum Gasteiger partial charge on any atom is -0.457 e. The lowest BCUT2D eigenvalue weighted by atomic mass is 9.92. The third kappa shape index (κ3) is 2.69. The molecule has 2 rings (SSSR count). The highest BCUT2D eigenvalue weighted by atomic mass is 16.6. The van der Waals surface area contributed by atoms with Gasteiger partial charge in [-0.1, -0.05) is 6.92 Å². The molecule has 3 atom stereocenters. The maximum absolute atomic E-state index is 11.8. The number of rotatable bonds is 2. The molecular formula is C13H19NO3. The molecule has 0 radical (unpaired) electrons. The highest BCUT2D eigenvalue weighted by Crippen LogP contribution is 2.24. The number of ether oxygens (including phenoxy) is 1. The quantitative estimate of drug-likeness (QED) is 0.739. The Morgan fingerprint density at radius 2 is 2.29 bits per heavy atom. The van der Waals surface area contributed by atoms with Gasteiger partial charge < -0.3 is 14.1 Å². The first-order valence-corrected chi connectivity index (χ1v) is 6.02. The molecular weight excluding hydrogens is 218 g/mol. The Morgan fingerprint density at radius 1 is 1.53 bits per heavy atom. The Bertz CT molecular complexity index is 374. The van der Waals surface area contributed by atoms with E-state index in [0.717, 1.165) is 13.0 Å². The molecule has 1 aromatic heterocycles. The van der Waals surface area contributed by atoms with Crippen LogP contribution in [0.4, 0.5) is 0 Å². The lowest BCUT2D eigenvalue weighted by Crippen LogP contribution is -2.46. The highest BCUT2D eigenvalue weighted by Gasteiger charge is 2.32. The minimum atomic E-state index is -0.358. The van der Waals surface area contributed by atoms with Gasteiger partial charge >= 0.3 is 5.97 Å². The number of furan rings is 1. The smallest absolute Gasteiger partial charge is 0.374 e. The van der Waals surface area contributed by atoms with E-state index in [1.165, 1.54) is 6.26 Å². The number of piperidine rings is 1. The molecule has 1 saturated heterocycles. The topological polar surface area (TPSA) is 42.7 Å². The van der Waals surface area contributed by atoms with Gasteiger partial charge in [0.2, 0.25) is 5.76 Å². The maximum Gasteiger partial charge on any atom is 0.374 e. The van der Waals surface area contributed by atoms with Crippen LogP contribution in [-0.2, 0) is 4.74 Å². The number of esters is 1. The van der Waals surface area contributed by atoms with Crippen LogP contribution in [0.5, 0.6) is 0 Å². The predicted octanol–water partition coefficient (Wildman–Crippen LogP) is 2.17. The summed E-state index contributed by atoms with van der Waals surface area (Å²) in [4.78, 5) is 14.1. The lowest BCUT2D eigenvalue weighted by molar-refractivity contribution is -0.0219. The SMILES string of the molecule is C[C@@H]1CN(C)[C@@H](C)C[C@H]1OC(=O)c1ccco1. The van der Waals surface area contributed by atoms with E-state index < -0.39 is 0 Å². The van der Waals surface area contributed by atoms with E-state index in [1.807, 2.05) is 0 Å². The second-order valence-corrected chi connectivity index (χ2v) is 4.92. The van der Waals surface area contributed by atoms with Gasteiger partial charge in [0.05, 0.1) is 6.26 Å². The summed E-state index contributed by atoms with van der Waals surface area (Å²) in [5.41, 5.74) is 0. The van der Waals surface area contributed by atoms with Crippen LogP contribution in [0.1, 0.15) is 30.8 Å². The fourth-order valence-electron chi connectivity index (χ4n) is 2.25. The zero-order valence-electron chi connectivity index (χ0n) is 10.6. The van der Waals surface area contributed by atoms with E-state index in [2.05, 4.69) is 25.8 Å². The largest absolute Gasteiger partial charge is 0.457 e. The second kappa shape index (κ2) is 4.92. The molecule has 0 bridgehead atoms. The average molecular weight is 237 g/mol. The molecule has 0 aromatic carbocycles. The summed E-state index contributed by atoms with van der Waals surface area (Å²) in [7, 11) is 2.10. The van der Waals surface area contributed by atoms with E-state index in [0.29, 0.717) is 12.0 Å². The predicted molar refractivity (Wildman–Crippen MR) is 63.8 cm³/mol. The van der Waals surface area contributed by atoms with Gasteiger partial charge in [0.15, 0.2) is 0 Å². The molecule has 0 amide bonds. The average Bonchev–Trinajstić information content (AvgIpc) is 2.79. The molecule has 0 spiro atoms. The van der Waals surface area contributed by atoms with Crippen LogP contribution in [0.2, 0.25) is 0 Å². The van der Waals surface area contributed by atoms with Crippen LogP contribution in [0, 0.1) is 5.92 Å². The molecule has 17 heavy (non-hydrogen) atoms. The third-order valence-corrected chi connectivity index (χ3v) is 3.52. The lowest BCUT2D eigenvalue weighted by Gasteiger charge is -2.38. The van der Waals surface area contributed by atoms with Crippen molar-refractivity contribution in [2.24, 2.45) is 5.92 Å². The normalized spacial score (nSPS) is 30.2. The van der Waals surface area contributed by atoms with E-state index in [1.54, 1.807) is 12.1 Å². The van der Waals surface area contributed by atoms with E-state index in [-0.39, 0.29) is 17.8 Å². The van der Waals surface area contributed by atoms with Gasteiger partial charge in [-0.3, -0.25) is 0 Å². The van der Waals surface area contributed by atoms with Crippen molar-refractivity contribution >= 4 is 5.97 Å². The first-order valence-electron chi connectivity index (χ1n) is 6.02. The standard InChI is InChI=1S/C13H19NO3/c1-9-8-14(3)10(2)7-12(9)17-13(15)11-5-4-6-16-11/h4-6,9-10,12H,7-8H2,1-3H3/t9-,10+,12-/m1/s1. The summed E-state index contributed by atoms with van der Waals surface area (Å²) < 4.78 is 10.5. The molecule has 0 N–H and O–H groups in total. The number of hydrogen-bond donors (Lipinski definition) is 0. The van der Waals surface area contributed by atoms with Crippen molar-refractivity contribution in [3.05, 3.63) is 24.2 Å². The number of nitrogens with zero attached hydrogens (tertiary/aromatic N) is 1. The first-order chi connectivity index (χ1) is 8.08. The van der Waals surface area contributed by atoms with Crippen molar-refractivity contribution in [3.8, 4) is 0 Å². The van der Waals surface area contributed by atoms with Crippen LogP contribution in [-0.4, -0.2) is 36.6 Å². The third-order valence-electron chi connectivity index (χ3n) is 3.52. The van der Waals surface area contributed by atoms with Gasteiger partial charge in [-0.05, 0) is 32.5 Å². The first kappa shape index (κ1) is 12.2. The van der Waals surface area contributed by atoms with Crippen LogP contribution in [0.25, 0.3) is 0 Å². The summed E-state index contributed by atoms with van der Waals surface area (Å²) in [5.74, 6) is 0.280. The second-order valence-electron chi connectivity index (χ2n) is 4.92. The van der Waals surface area contributed by atoms with Crippen molar-refractivity contribution in [2.45, 2.75) is 32.4 Å². The molecule has 4 nitrogen and oxygen atoms in total. The molecule has 4 heteroatoms. The minimum absolute atomic E-state index is 0.0150. The van der Waals surface area contributed by atoms with E-state index in [9.17, 15) is 4.79 Å². The molecule has 1 aromatic rings. The van der Waals surface area contributed by atoms with Gasteiger partial charge in [0.25, 0.3) is 0 Å². The van der Waals surface area contributed by atoms with Crippen molar-refractivity contribution in [1.82, 2.24) is 4.90 Å². The van der Waals surface area contributed by atoms with Crippen molar-refractivity contribution in [2.75, 3.05) is 13.6 Å². The Balaban J connectivity index is 1.97. The van der Waals surface area contributed by atoms with Crippen LogP contribution < -0.4 is 0 Å². The molecule has 1 fully saturated rings. The van der Waals surface area contributed by atoms with Crippen molar-refractivity contribution < 1.29 is 13.9 Å². The molecule has 0 unspecified atom stereocenters. The maximum atomic E-state index is 11.8. The van der Waals surface area contributed by atoms with Gasteiger partial charge in [-0.2, -0.15) is 0 Å². The van der Waals surface area contributed by atoms with Crippen LogP contribution in [0.15, 0.2) is 22.8 Å². The zero-order valence-corrected chi connectivity index (χ0v) is 10.6. The molecule has 0 aliphatic carbocycles. The Kier molecular flexibility index (Phi) is 3.52. The summed E-state index contributed by atoms with van der Waals surface area (Å²) in [6.07, 6.45) is 2.35. The Hall–Kier alpha value is -1.29. The Morgan fingerprint density at radius 3 is 2.94 bits per heavy atom. The molecule has 94 valence electrons. The van der Waals surface area contributed by atoms with E-state index >= 15 is 0 Å². The molecule has 1 aliphatic rings. The van der Waals surface area contributed by atoms with Crippen molar-refractivity contribution in [3.63, 3.8) is 0 Å². The summed E-state index contributed by atoms with van der Waals surface area (Å²) >= 11 is 0. The van der Waals surface area contributed by atoms with Gasteiger partial charge in [-0.15, -0.1) is 0 Å². The highest BCUT2D eigenvalue weighted by molar-refractivity contribution is 5.86. The van der Waals surface area contributed by atoms with Crippen LogP contribution in [0.3, 0.4) is 0 Å². The molecule has 1 aliphatic heterocycles. The monoisotopic (exact) mass is 237 g/mol. The zero-order chi connectivity index (χ0) is 12.4. The fourth-order valence-corrected chi connectivity index (χ4v) is 2.25. The molecule has 0 saturated carbocycles. The number of carbonyl (C=O) groups is 1. The summed E-state index contributed by atoms with van der Waals surface area (Å²) in [5, 5.41) is 0.